The number of rotatable bonds is 2. The average Bonchev–Trinajstić information content (AvgIpc) is 3.14. The summed E-state index contributed by atoms with van der Waals surface area (Å²) in [5.74, 6) is 2.93. The number of aromatic nitrogens is 1. The number of nitrogens with zero attached hydrogens (tertiary/aromatic N) is 1. The van der Waals surface area contributed by atoms with Gasteiger partial charge in [-0.1, -0.05) is 45.0 Å². The van der Waals surface area contributed by atoms with Crippen molar-refractivity contribution in [2.75, 3.05) is 0 Å². The first-order valence-electron chi connectivity index (χ1n) is 13.2. The van der Waals surface area contributed by atoms with Crippen LogP contribution >= 0.6 is 11.3 Å². The fourth-order valence-electron chi connectivity index (χ4n) is 8.32. The van der Waals surface area contributed by atoms with Crippen molar-refractivity contribution in [1.82, 2.24) is 4.98 Å². The van der Waals surface area contributed by atoms with Crippen molar-refractivity contribution in [3.8, 4) is 11.3 Å². The van der Waals surface area contributed by atoms with Gasteiger partial charge in [-0.05, 0) is 114 Å². The fraction of sp³-hybridized carbons (Fsp3) is 0.469. The number of hydrogen-bond acceptors (Lipinski definition) is 2. The van der Waals surface area contributed by atoms with Gasteiger partial charge in [0.15, 0.2) is 0 Å². The molecule has 0 N–H and O–H groups in total. The van der Waals surface area contributed by atoms with Crippen molar-refractivity contribution in [1.29, 1.82) is 0 Å². The lowest BCUT2D eigenvalue weighted by Crippen LogP contribution is -2.48. The van der Waals surface area contributed by atoms with Crippen LogP contribution in [0.5, 0.6) is 0 Å². The lowest BCUT2D eigenvalue weighted by atomic mass is 9.49. The Morgan fingerprint density at radius 2 is 1.56 bits per heavy atom. The molecule has 0 amide bonds. The molecule has 2 aromatic heterocycles. The average molecular weight is 466 g/mol. The summed E-state index contributed by atoms with van der Waals surface area (Å²) < 4.78 is 1.40. The molecule has 4 bridgehead atoms. The van der Waals surface area contributed by atoms with E-state index in [1.165, 1.54) is 76.2 Å². The Bertz CT molecular complexity index is 1400. The van der Waals surface area contributed by atoms with E-state index in [-0.39, 0.29) is 5.41 Å². The zero-order valence-electron chi connectivity index (χ0n) is 20.9. The molecule has 0 radical (unpaired) electrons. The summed E-state index contributed by atoms with van der Waals surface area (Å²) in [5, 5.41) is 4.12. The molecule has 2 heterocycles. The van der Waals surface area contributed by atoms with Crippen molar-refractivity contribution >= 4 is 32.2 Å². The van der Waals surface area contributed by atoms with Crippen LogP contribution in [0, 0.1) is 24.7 Å². The third-order valence-corrected chi connectivity index (χ3v) is 10.9. The summed E-state index contributed by atoms with van der Waals surface area (Å²) in [5.41, 5.74) is 5.93. The number of hydrogen-bond donors (Lipinski definition) is 0. The molecule has 2 heteroatoms. The number of fused-ring (bicyclic) bond motifs is 2. The van der Waals surface area contributed by atoms with Gasteiger partial charge in [-0.2, -0.15) is 0 Å². The first kappa shape index (κ1) is 21.1. The second kappa shape index (κ2) is 7.17. The molecule has 4 aromatic rings. The number of aryl methyl sites for hydroxylation is 1. The van der Waals surface area contributed by atoms with Gasteiger partial charge in [-0.25, -0.2) is 0 Å². The minimum absolute atomic E-state index is 0.0826. The normalized spacial score (nSPS) is 28.3. The van der Waals surface area contributed by atoms with Crippen molar-refractivity contribution < 1.29 is 0 Å². The molecule has 4 aliphatic rings. The molecule has 4 saturated carbocycles. The van der Waals surface area contributed by atoms with Crippen LogP contribution in [0.3, 0.4) is 0 Å². The Labute approximate surface area is 207 Å². The SMILES string of the molecule is Cc1c(C23CC4CC(CC(C4)C2)C3)sc2c(-c3cc(C(C)(C)C)c4ccccc4c3)nccc12. The van der Waals surface area contributed by atoms with Crippen molar-refractivity contribution in [2.45, 2.75) is 77.0 Å². The quantitative estimate of drug-likeness (QED) is 0.287. The minimum atomic E-state index is 0.0826. The second-order valence-corrected chi connectivity index (χ2v) is 13.8. The van der Waals surface area contributed by atoms with E-state index in [0.29, 0.717) is 5.41 Å². The molecule has 174 valence electrons. The minimum Gasteiger partial charge on any atom is -0.255 e. The molecular formula is C32H35NS. The molecule has 8 rings (SSSR count). The van der Waals surface area contributed by atoms with Gasteiger partial charge in [0.25, 0.3) is 0 Å². The van der Waals surface area contributed by atoms with Gasteiger partial charge < -0.3 is 0 Å². The Morgan fingerprint density at radius 1 is 0.882 bits per heavy atom. The summed E-state index contributed by atoms with van der Waals surface area (Å²) >= 11 is 2.09. The molecule has 2 aromatic carbocycles. The van der Waals surface area contributed by atoms with E-state index in [2.05, 4.69) is 81.5 Å². The largest absolute Gasteiger partial charge is 0.255 e. The van der Waals surface area contributed by atoms with Gasteiger partial charge in [-0.3, -0.25) is 4.98 Å². The summed E-state index contributed by atoms with van der Waals surface area (Å²) in [6, 6.07) is 15.9. The smallest absolute Gasteiger partial charge is 0.0880 e. The highest BCUT2D eigenvalue weighted by atomic mass is 32.1. The van der Waals surface area contributed by atoms with E-state index in [0.717, 1.165) is 17.8 Å². The number of pyridine rings is 1. The van der Waals surface area contributed by atoms with Gasteiger partial charge in [0.05, 0.1) is 10.4 Å². The van der Waals surface area contributed by atoms with E-state index in [4.69, 9.17) is 4.98 Å². The maximum atomic E-state index is 5.02. The van der Waals surface area contributed by atoms with Crippen LogP contribution in [-0.4, -0.2) is 4.98 Å². The van der Waals surface area contributed by atoms with Crippen LogP contribution < -0.4 is 0 Å². The van der Waals surface area contributed by atoms with E-state index in [1.54, 1.807) is 10.4 Å². The van der Waals surface area contributed by atoms with Crippen LogP contribution in [0.2, 0.25) is 0 Å². The molecular weight excluding hydrogens is 430 g/mol. The molecule has 0 unspecified atom stereocenters. The van der Waals surface area contributed by atoms with E-state index >= 15 is 0 Å². The lowest BCUT2D eigenvalue weighted by molar-refractivity contribution is -0.00367. The van der Waals surface area contributed by atoms with Crippen molar-refractivity contribution in [2.24, 2.45) is 17.8 Å². The third-order valence-electron chi connectivity index (χ3n) is 9.32. The summed E-state index contributed by atoms with van der Waals surface area (Å²) in [6.45, 7) is 9.38. The van der Waals surface area contributed by atoms with Gasteiger partial charge >= 0.3 is 0 Å². The topological polar surface area (TPSA) is 12.9 Å². The zero-order chi connectivity index (χ0) is 23.2. The molecule has 0 saturated heterocycles. The molecule has 1 nitrogen and oxygen atoms in total. The van der Waals surface area contributed by atoms with Gasteiger partial charge in [-0.15, -0.1) is 11.3 Å². The lowest BCUT2D eigenvalue weighted by Gasteiger charge is -2.56. The van der Waals surface area contributed by atoms with Gasteiger partial charge in [0.2, 0.25) is 0 Å². The number of benzene rings is 2. The highest BCUT2D eigenvalue weighted by Crippen LogP contribution is 2.62. The van der Waals surface area contributed by atoms with Gasteiger partial charge in [0, 0.05) is 22.1 Å². The first-order chi connectivity index (χ1) is 16.3. The van der Waals surface area contributed by atoms with Gasteiger partial charge in [0.1, 0.15) is 0 Å². The molecule has 0 atom stereocenters. The maximum Gasteiger partial charge on any atom is 0.0880 e. The highest BCUT2D eigenvalue weighted by molar-refractivity contribution is 7.20. The van der Waals surface area contributed by atoms with Crippen molar-refractivity contribution in [3.63, 3.8) is 0 Å². The van der Waals surface area contributed by atoms with E-state index in [9.17, 15) is 0 Å². The van der Waals surface area contributed by atoms with Crippen molar-refractivity contribution in [3.05, 3.63) is 64.7 Å². The fourth-order valence-corrected chi connectivity index (χ4v) is 9.85. The molecule has 4 aliphatic carbocycles. The standard InChI is InChI=1S/C32H35NS/c1-19-25-9-10-33-28(24-14-23-7-5-6-8-26(23)27(15-24)31(2,3)4)29(25)34-30(19)32-16-20-11-21(17-32)13-22(12-20)18-32/h5-10,14-15,20-22H,11-13,16-18H2,1-4H3. The third kappa shape index (κ3) is 3.07. The van der Waals surface area contributed by atoms with E-state index in [1.807, 2.05) is 6.20 Å². The monoisotopic (exact) mass is 465 g/mol. The Hall–Kier alpha value is -2.19. The first-order valence-corrected chi connectivity index (χ1v) is 14.0. The molecule has 0 aliphatic heterocycles. The molecule has 0 spiro atoms. The van der Waals surface area contributed by atoms with Crippen LogP contribution in [-0.2, 0) is 10.8 Å². The Balaban J connectivity index is 1.43. The summed E-state index contributed by atoms with van der Waals surface area (Å²) in [4.78, 5) is 6.72. The Morgan fingerprint density at radius 3 is 2.24 bits per heavy atom. The van der Waals surface area contributed by atoms with Crippen LogP contribution in [0.1, 0.15) is 75.3 Å². The molecule has 34 heavy (non-hydrogen) atoms. The summed E-state index contributed by atoms with van der Waals surface area (Å²) in [7, 11) is 0. The molecule has 4 fully saturated rings. The number of thiophene rings is 1. The van der Waals surface area contributed by atoms with Crippen LogP contribution in [0.15, 0.2) is 48.7 Å². The second-order valence-electron chi connectivity index (χ2n) is 12.8. The zero-order valence-corrected chi connectivity index (χ0v) is 21.8. The summed E-state index contributed by atoms with van der Waals surface area (Å²) in [6.07, 6.45) is 10.8. The van der Waals surface area contributed by atoms with Crippen LogP contribution in [0.4, 0.5) is 0 Å². The van der Waals surface area contributed by atoms with E-state index < -0.39 is 0 Å². The predicted octanol–water partition coefficient (Wildman–Crippen LogP) is 9.19. The predicted molar refractivity (Wildman–Crippen MR) is 146 cm³/mol. The highest BCUT2D eigenvalue weighted by Gasteiger charge is 2.52. The maximum absolute atomic E-state index is 5.02. The van der Waals surface area contributed by atoms with Crippen LogP contribution in [0.25, 0.3) is 32.1 Å². The Kier molecular flexibility index (Phi) is 4.45.